The summed E-state index contributed by atoms with van der Waals surface area (Å²) in [5.74, 6) is -0.278. The minimum absolute atomic E-state index is 0.264. The van der Waals surface area contributed by atoms with E-state index in [-0.39, 0.29) is 12.1 Å². The van der Waals surface area contributed by atoms with E-state index in [0.717, 1.165) is 15.6 Å². The van der Waals surface area contributed by atoms with Crippen molar-refractivity contribution in [3.8, 4) is 0 Å². The van der Waals surface area contributed by atoms with E-state index in [0.29, 0.717) is 13.2 Å². The molecule has 1 aliphatic rings. The second-order valence-corrected chi connectivity index (χ2v) is 4.37. The number of ether oxygens (including phenoxy) is 2. The predicted octanol–water partition coefficient (Wildman–Crippen LogP) is 2.58. The molecule has 0 amide bonds. The standard InChI is InChI=1S/C11H11BrO3/c1-7(13)15-11-6-14-5-8-4-9(12)2-3-10(8)11/h2-4,11H,5-6H2,1H3/t11-/m1/s1. The van der Waals surface area contributed by atoms with Crippen molar-refractivity contribution < 1.29 is 14.3 Å². The van der Waals surface area contributed by atoms with Gasteiger partial charge in [0.1, 0.15) is 0 Å². The van der Waals surface area contributed by atoms with Gasteiger partial charge in [-0.3, -0.25) is 4.79 Å². The molecule has 1 aromatic rings. The summed E-state index contributed by atoms with van der Waals surface area (Å²) in [7, 11) is 0. The molecule has 80 valence electrons. The number of halogens is 1. The molecule has 0 saturated carbocycles. The molecule has 0 spiro atoms. The zero-order valence-electron chi connectivity index (χ0n) is 8.33. The number of carbonyl (C=O) groups is 1. The van der Waals surface area contributed by atoms with Crippen LogP contribution in [-0.4, -0.2) is 12.6 Å². The maximum Gasteiger partial charge on any atom is 0.303 e. The Balaban J connectivity index is 2.30. The zero-order valence-corrected chi connectivity index (χ0v) is 9.91. The van der Waals surface area contributed by atoms with Crippen molar-refractivity contribution in [1.82, 2.24) is 0 Å². The highest BCUT2D eigenvalue weighted by Gasteiger charge is 2.23. The third-order valence-electron chi connectivity index (χ3n) is 2.29. The molecular weight excluding hydrogens is 260 g/mol. The molecule has 0 fully saturated rings. The minimum atomic E-state index is -0.278. The largest absolute Gasteiger partial charge is 0.455 e. The SMILES string of the molecule is CC(=O)O[C@@H]1COCc2cc(Br)ccc21. The Morgan fingerprint density at radius 3 is 3.13 bits per heavy atom. The van der Waals surface area contributed by atoms with Gasteiger partial charge in [0, 0.05) is 17.0 Å². The fraction of sp³-hybridized carbons (Fsp3) is 0.364. The fourth-order valence-electron chi connectivity index (χ4n) is 1.68. The van der Waals surface area contributed by atoms with Crippen LogP contribution in [0.3, 0.4) is 0 Å². The number of hydrogen-bond donors (Lipinski definition) is 0. The van der Waals surface area contributed by atoms with Gasteiger partial charge < -0.3 is 9.47 Å². The van der Waals surface area contributed by atoms with Crippen LogP contribution in [0.4, 0.5) is 0 Å². The lowest BCUT2D eigenvalue weighted by molar-refractivity contribution is -0.151. The van der Waals surface area contributed by atoms with Gasteiger partial charge in [-0.25, -0.2) is 0 Å². The van der Waals surface area contributed by atoms with Crippen molar-refractivity contribution in [2.45, 2.75) is 19.6 Å². The zero-order chi connectivity index (χ0) is 10.8. The lowest BCUT2D eigenvalue weighted by Gasteiger charge is -2.25. The second kappa shape index (κ2) is 4.33. The van der Waals surface area contributed by atoms with Crippen LogP contribution < -0.4 is 0 Å². The van der Waals surface area contributed by atoms with Crippen molar-refractivity contribution in [2.75, 3.05) is 6.61 Å². The van der Waals surface area contributed by atoms with Crippen molar-refractivity contribution in [3.63, 3.8) is 0 Å². The van der Waals surface area contributed by atoms with E-state index in [4.69, 9.17) is 9.47 Å². The third-order valence-corrected chi connectivity index (χ3v) is 2.78. The van der Waals surface area contributed by atoms with E-state index in [1.165, 1.54) is 6.92 Å². The topological polar surface area (TPSA) is 35.5 Å². The molecule has 0 unspecified atom stereocenters. The molecular formula is C11H11BrO3. The van der Waals surface area contributed by atoms with E-state index < -0.39 is 0 Å². The summed E-state index contributed by atoms with van der Waals surface area (Å²) in [6.45, 7) is 2.42. The number of hydrogen-bond acceptors (Lipinski definition) is 3. The van der Waals surface area contributed by atoms with Crippen LogP contribution in [0.25, 0.3) is 0 Å². The van der Waals surface area contributed by atoms with Gasteiger partial charge in [-0.05, 0) is 17.7 Å². The van der Waals surface area contributed by atoms with Crippen LogP contribution in [0.5, 0.6) is 0 Å². The smallest absolute Gasteiger partial charge is 0.303 e. The van der Waals surface area contributed by atoms with Crippen LogP contribution in [0, 0.1) is 0 Å². The summed E-state index contributed by atoms with van der Waals surface area (Å²) >= 11 is 3.40. The molecule has 0 aromatic heterocycles. The van der Waals surface area contributed by atoms with Gasteiger partial charge in [-0.1, -0.05) is 22.0 Å². The molecule has 0 aliphatic carbocycles. The van der Waals surface area contributed by atoms with E-state index >= 15 is 0 Å². The number of benzene rings is 1. The number of rotatable bonds is 1. The van der Waals surface area contributed by atoms with Gasteiger partial charge in [-0.15, -0.1) is 0 Å². The van der Waals surface area contributed by atoms with Gasteiger partial charge >= 0.3 is 5.97 Å². The third kappa shape index (κ3) is 2.38. The summed E-state index contributed by atoms with van der Waals surface area (Å²) in [4.78, 5) is 10.9. The Kier molecular flexibility index (Phi) is 3.07. The highest BCUT2D eigenvalue weighted by atomic mass is 79.9. The first-order valence-corrected chi connectivity index (χ1v) is 5.49. The molecule has 0 saturated heterocycles. The van der Waals surface area contributed by atoms with Gasteiger partial charge in [0.2, 0.25) is 0 Å². The van der Waals surface area contributed by atoms with Crippen LogP contribution in [0.1, 0.15) is 24.2 Å². The molecule has 1 aliphatic heterocycles. The summed E-state index contributed by atoms with van der Waals surface area (Å²) < 4.78 is 11.6. The Morgan fingerprint density at radius 1 is 1.60 bits per heavy atom. The van der Waals surface area contributed by atoms with Gasteiger partial charge in [0.25, 0.3) is 0 Å². The molecule has 4 heteroatoms. The maximum atomic E-state index is 10.9. The Hall–Kier alpha value is -0.870. The van der Waals surface area contributed by atoms with E-state index in [9.17, 15) is 4.79 Å². The summed E-state index contributed by atoms with van der Waals surface area (Å²) in [5, 5.41) is 0. The highest BCUT2D eigenvalue weighted by molar-refractivity contribution is 9.10. The second-order valence-electron chi connectivity index (χ2n) is 3.46. The lowest BCUT2D eigenvalue weighted by atomic mass is 10.0. The highest BCUT2D eigenvalue weighted by Crippen LogP contribution is 2.29. The van der Waals surface area contributed by atoms with Crippen LogP contribution >= 0.6 is 15.9 Å². The maximum absolute atomic E-state index is 10.9. The van der Waals surface area contributed by atoms with Crippen LogP contribution in [-0.2, 0) is 20.9 Å². The molecule has 1 atom stereocenters. The average molecular weight is 271 g/mol. The average Bonchev–Trinajstić information content (AvgIpc) is 2.16. The van der Waals surface area contributed by atoms with E-state index in [2.05, 4.69) is 15.9 Å². The van der Waals surface area contributed by atoms with Crippen molar-refractivity contribution in [1.29, 1.82) is 0 Å². The molecule has 3 nitrogen and oxygen atoms in total. The normalized spacial score (nSPS) is 19.5. The molecule has 0 N–H and O–H groups in total. The summed E-state index contributed by atoms with van der Waals surface area (Å²) in [6, 6.07) is 5.90. The predicted molar refractivity (Wildman–Crippen MR) is 58.3 cm³/mol. The first-order valence-electron chi connectivity index (χ1n) is 4.70. The van der Waals surface area contributed by atoms with Gasteiger partial charge in [0.05, 0.1) is 13.2 Å². The molecule has 0 radical (unpaired) electrons. The Labute approximate surface area is 96.5 Å². The fourth-order valence-corrected chi connectivity index (χ4v) is 2.09. The minimum Gasteiger partial charge on any atom is -0.455 e. The summed E-state index contributed by atoms with van der Waals surface area (Å²) in [6.07, 6.45) is -0.264. The number of fused-ring (bicyclic) bond motifs is 1. The number of esters is 1. The number of carbonyl (C=O) groups excluding carboxylic acids is 1. The first kappa shape index (κ1) is 10.6. The van der Waals surface area contributed by atoms with E-state index in [1.807, 2.05) is 18.2 Å². The van der Waals surface area contributed by atoms with Crippen molar-refractivity contribution in [3.05, 3.63) is 33.8 Å². The van der Waals surface area contributed by atoms with Crippen LogP contribution in [0.15, 0.2) is 22.7 Å². The lowest BCUT2D eigenvalue weighted by Crippen LogP contribution is -2.20. The quantitative estimate of drug-likeness (QED) is 0.736. The summed E-state index contributed by atoms with van der Waals surface area (Å²) in [5.41, 5.74) is 2.11. The molecule has 2 rings (SSSR count). The molecule has 1 heterocycles. The molecule has 1 aromatic carbocycles. The van der Waals surface area contributed by atoms with E-state index in [1.54, 1.807) is 0 Å². The first-order chi connectivity index (χ1) is 7.16. The Bertz CT molecular complexity index is 389. The van der Waals surface area contributed by atoms with Crippen molar-refractivity contribution >= 4 is 21.9 Å². The monoisotopic (exact) mass is 270 g/mol. The van der Waals surface area contributed by atoms with Gasteiger partial charge in [-0.2, -0.15) is 0 Å². The van der Waals surface area contributed by atoms with Gasteiger partial charge in [0.15, 0.2) is 6.10 Å². The van der Waals surface area contributed by atoms with Crippen molar-refractivity contribution in [2.24, 2.45) is 0 Å². The van der Waals surface area contributed by atoms with Crippen LogP contribution in [0.2, 0.25) is 0 Å². The molecule has 0 bridgehead atoms. The molecule has 15 heavy (non-hydrogen) atoms. The Morgan fingerprint density at radius 2 is 2.40 bits per heavy atom.